The fraction of sp³-hybridized carbons (Fsp3) is 1.00. The molecule has 1 atom stereocenters. The van der Waals surface area contributed by atoms with Crippen molar-refractivity contribution in [1.29, 1.82) is 0 Å². The maximum absolute atomic E-state index is 9.19. The van der Waals surface area contributed by atoms with Gasteiger partial charge in [0.25, 0.3) is 0 Å². The highest BCUT2D eigenvalue weighted by atomic mass is 16.5. The summed E-state index contributed by atoms with van der Waals surface area (Å²) in [5, 5.41) is 9.19. The number of rotatable bonds is 34. The molecule has 0 aliphatic heterocycles. The second-order valence-corrected chi connectivity index (χ2v) is 12.3. The first-order valence-electron chi connectivity index (χ1n) is 18.1. The minimum Gasteiger partial charge on any atom is -0.394 e. The van der Waals surface area contributed by atoms with Gasteiger partial charge in [0.05, 0.1) is 19.3 Å². The molecule has 230 valence electrons. The van der Waals surface area contributed by atoms with E-state index >= 15 is 0 Å². The fourth-order valence-corrected chi connectivity index (χ4v) is 5.84. The van der Waals surface area contributed by atoms with Crippen LogP contribution in [0.1, 0.15) is 213 Å². The Morgan fingerprint density at radius 3 is 0.842 bits per heavy atom. The summed E-state index contributed by atoms with van der Waals surface area (Å²) in [5.74, 6) is 0. The van der Waals surface area contributed by atoms with E-state index in [-0.39, 0.29) is 6.61 Å². The molecule has 0 rings (SSSR count). The number of unbranched alkanes of at least 4 members (excludes halogenated alkanes) is 27. The van der Waals surface area contributed by atoms with E-state index in [2.05, 4.69) is 13.8 Å². The van der Waals surface area contributed by atoms with Crippen LogP contribution >= 0.6 is 0 Å². The minimum atomic E-state index is 0.161. The van der Waals surface area contributed by atoms with E-state index < -0.39 is 0 Å². The maximum atomic E-state index is 9.19. The number of aliphatic hydroxyl groups is 1. The van der Waals surface area contributed by atoms with E-state index in [4.69, 9.17) is 4.74 Å². The Kier molecular flexibility index (Phi) is 34.9. The number of hydrogen-bond acceptors (Lipinski definition) is 2. The van der Waals surface area contributed by atoms with Gasteiger partial charge in [0.15, 0.2) is 0 Å². The molecule has 0 bridgehead atoms. The van der Waals surface area contributed by atoms with E-state index in [0.29, 0.717) is 12.7 Å². The second-order valence-electron chi connectivity index (χ2n) is 12.3. The Balaban J connectivity index is 3.46. The monoisotopic (exact) mass is 539 g/mol. The Morgan fingerprint density at radius 2 is 0.605 bits per heavy atom. The molecule has 0 aromatic heterocycles. The molecule has 0 aliphatic rings. The van der Waals surface area contributed by atoms with Crippen molar-refractivity contribution < 1.29 is 9.84 Å². The van der Waals surface area contributed by atoms with Crippen LogP contribution in [-0.4, -0.2) is 24.4 Å². The van der Waals surface area contributed by atoms with Crippen molar-refractivity contribution in [1.82, 2.24) is 0 Å². The van der Waals surface area contributed by atoms with Gasteiger partial charge in [-0.1, -0.05) is 200 Å². The molecule has 2 nitrogen and oxygen atoms in total. The van der Waals surface area contributed by atoms with E-state index in [1.54, 1.807) is 0 Å². The third-order valence-corrected chi connectivity index (χ3v) is 8.45. The summed E-state index contributed by atoms with van der Waals surface area (Å²) in [6.07, 6.45) is 43.9. The maximum Gasteiger partial charge on any atom is 0.0701 e. The first-order valence-corrected chi connectivity index (χ1v) is 18.1. The molecule has 0 radical (unpaired) electrons. The second kappa shape index (κ2) is 34.9. The van der Waals surface area contributed by atoms with Gasteiger partial charge in [0.1, 0.15) is 0 Å². The van der Waals surface area contributed by atoms with E-state index in [9.17, 15) is 5.11 Å². The van der Waals surface area contributed by atoms with Crippen LogP contribution in [0.4, 0.5) is 0 Å². The van der Waals surface area contributed by atoms with Gasteiger partial charge in [-0.15, -0.1) is 0 Å². The number of hydrogen-bond donors (Lipinski definition) is 1. The van der Waals surface area contributed by atoms with E-state index in [0.717, 1.165) is 0 Å². The zero-order chi connectivity index (χ0) is 27.6. The van der Waals surface area contributed by atoms with Crippen LogP contribution in [0.3, 0.4) is 0 Å². The Labute approximate surface area is 241 Å². The van der Waals surface area contributed by atoms with Crippen molar-refractivity contribution >= 4 is 0 Å². The summed E-state index contributed by atoms with van der Waals surface area (Å²) in [7, 11) is 0. The molecule has 0 saturated heterocycles. The molecule has 0 spiro atoms. The lowest BCUT2D eigenvalue weighted by Crippen LogP contribution is -2.15. The highest BCUT2D eigenvalue weighted by molar-refractivity contribution is 4.61. The first-order chi connectivity index (χ1) is 18.8. The van der Waals surface area contributed by atoms with Gasteiger partial charge in [0, 0.05) is 0 Å². The summed E-state index contributed by atoms with van der Waals surface area (Å²) < 4.78 is 5.97. The molecule has 0 fully saturated rings. The summed E-state index contributed by atoms with van der Waals surface area (Å²) in [5.41, 5.74) is 0. The van der Waals surface area contributed by atoms with Crippen LogP contribution in [0, 0.1) is 0 Å². The number of aliphatic hydroxyl groups excluding tert-OH is 1. The SMILES string of the molecule is CCCCCCCCCCCCCCCCCC(CCCCCCCCCCCCCCCC)OCCO. The zero-order valence-corrected chi connectivity index (χ0v) is 26.8. The molecule has 1 unspecified atom stereocenters. The van der Waals surface area contributed by atoms with Gasteiger partial charge < -0.3 is 9.84 Å². The molecule has 0 aliphatic carbocycles. The lowest BCUT2D eigenvalue weighted by Gasteiger charge is -2.17. The van der Waals surface area contributed by atoms with Crippen LogP contribution in [0.25, 0.3) is 0 Å². The summed E-state index contributed by atoms with van der Waals surface area (Å²) >= 11 is 0. The Bertz CT molecular complexity index is 397. The van der Waals surface area contributed by atoms with Crippen molar-refractivity contribution in [3.63, 3.8) is 0 Å². The molecular formula is C36H74O2. The average molecular weight is 539 g/mol. The lowest BCUT2D eigenvalue weighted by atomic mass is 10.0. The van der Waals surface area contributed by atoms with Crippen molar-refractivity contribution in [3.8, 4) is 0 Å². The van der Waals surface area contributed by atoms with Gasteiger partial charge in [-0.3, -0.25) is 0 Å². The number of ether oxygens (including phenoxy) is 1. The Morgan fingerprint density at radius 1 is 0.368 bits per heavy atom. The highest BCUT2D eigenvalue weighted by Gasteiger charge is 2.09. The normalized spacial score (nSPS) is 12.4. The molecule has 0 aromatic rings. The first kappa shape index (κ1) is 37.9. The fourth-order valence-electron chi connectivity index (χ4n) is 5.84. The highest BCUT2D eigenvalue weighted by Crippen LogP contribution is 2.18. The quantitative estimate of drug-likeness (QED) is 0.0825. The molecular weight excluding hydrogens is 464 g/mol. The molecule has 0 aromatic carbocycles. The van der Waals surface area contributed by atoms with Gasteiger partial charge >= 0.3 is 0 Å². The molecule has 0 saturated carbocycles. The molecule has 2 heteroatoms. The van der Waals surface area contributed by atoms with E-state index in [1.165, 1.54) is 199 Å². The van der Waals surface area contributed by atoms with Crippen molar-refractivity contribution in [2.24, 2.45) is 0 Å². The predicted octanol–water partition coefficient (Wildman–Crippen LogP) is 12.5. The molecule has 0 heterocycles. The topological polar surface area (TPSA) is 29.5 Å². The third kappa shape index (κ3) is 32.1. The molecule has 0 amide bonds. The van der Waals surface area contributed by atoms with Crippen molar-refractivity contribution in [3.05, 3.63) is 0 Å². The Hall–Kier alpha value is -0.0800. The van der Waals surface area contributed by atoms with Gasteiger partial charge in [-0.05, 0) is 12.8 Å². The van der Waals surface area contributed by atoms with E-state index in [1.807, 2.05) is 0 Å². The van der Waals surface area contributed by atoms with Crippen LogP contribution in [0.15, 0.2) is 0 Å². The molecule has 1 N–H and O–H groups in total. The van der Waals surface area contributed by atoms with Crippen molar-refractivity contribution in [2.75, 3.05) is 13.2 Å². The van der Waals surface area contributed by atoms with Crippen LogP contribution in [-0.2, 0) is 4.74 Å². The minimum absolute atomic E-state index is 0.161. The van der Waals surface area contributed by atoms with Crippen LogP contribution in [0.2, 0.25) is 0 Å². The average Bonchev–Trinajstić information content (AvgIpc) is 2.93. The van der Waals surface area contributed by atoms with Crippen molar-refractivity contribution in [2.45, 2.75) is 219 Å². The molecule has 38 heavy (non-hydrogen) atoms. The smallest absolute Gasteiger partial charge is 0.0701 e. The zero-order valence-electron chi connectivity index (χ0n) is 26.8. The van der Waals surface area contributed by atoms with Gasteiger partial charge in [-0.2, -0.15) is 0 Å². The lowest BCUT2D eigenvalue weighted by molar-refractivity contribution is 0.0167. The standard InChI is InChI=1S/C36H74O2/c1-3-5-7-9-11-13-15-17-19-21-23-25-27-29-31-33-36(38-35-34-37)32-30-28-26-24-22-20-18-16-14-12-10-8-6-4-2/h36-37H,3-35H2,1-2H3. The summed E-state index contributed by atoms with van der Waals surface area (Å²) in [4.78, 5) is 0. The van der Waals surface area contributed by atoms with Gasteiger partial charge in [-0.25, -0.2) is 0 Å². The predicted molar refractivity (Wildman–Crippen MR) is 171 cm³/mol. The van der Waals surface area contributed by atoms with Crippen LogP contribution < -0.4 is 0 Å². The third-order valence-electron chi connectivity index (χ3n) is 8.45. The summed E-state index contributed by atoms with van der Waals surface area (Å²) in [6.45, 7) is 5.27. The summed E-state index contributed by atoms with van der Waals surface area (Å²) in [6, 6.07) is 0. The van der Waals surface area contributed by atoms with Gasteiger partial charge in [0.2, 0.25) is 0 Å². The largest absolute Gasteiger partial charge is 0.394 e. The van der Waals surface area contributed by atoms with Crippen LogP contribution in [0.5, 0.6) is 0 Å².